The molecule has 3 N–H and O–H groups in total. The lowest BCUT2D eigenvalue weighted by Gasteiger charge is -2.00. The molecule has 0 saturated carbocycles. The van der Waals surface area contributed by atoms with E-state index in [0.29, 0.717) is 5.82 Å². The molecule has 4 rings (SSSR count). The van der Waals surface area contributed by atoms with Crippen molar-refractivity contribution in [1.82, 2.24) is 19.7 Å². The first kappa shape index (κ1) is 12.6. The molecule has 0 aliphatic rings. The number of nitrogen functional groups attached to an aromatic ring is 1. The third-order valence-corrected chi connectivity index (χ3v) is 3.76. The smallest absolute Gasteiger partial charge is 0.144 e. The van der Waals surface area contributed by atoms with Gasteiger partial charge in [0.05, 0.1) is 16.6 Å². The lowest BCUT2D eigenvalue weighted by atomic mass is 10.1. The highest BCUT2D eigenvalue weighted by Gasteiger charge is 2.20. The van der Waals surface area contributed by atoms with Crippen LogP contribution < -0.4 is 5.73 Å². The van der Waals surface area contributed by atoms with Crippen LogP contribution >= 0.6 is 0 Å². The number of rotatable bonds is 2. The number of hydrogen-bond donors (Lipinski definition) is 2. The number of H-pyrrole nitrogens is 1. The first-order valence-electron chi connectivity index (χ1n) is 7.07. The van der Waals surface area contributed by atoms with Crippen molar-refractivity contribution in [3.63, 3.8) is 0 Å². The minimum Gasteiger partial charge on any atom is -0.383 e. The van der Waals surface area contributed by atoms with Gasteiger partial charge < -0.3 is 10.7 Å². The zero-order valence-corrected chi connectivity index (χ0v) is 12.1. The maximum Gasteiger partial charge on any atom is 0.144 e. The molecule has 5 heteroatoms. The van der Waals surface area contributed by atoms with Gasteiger partial charge in [-0.1, -0.05) is 42.5 Å². The lowest BCUT2D eigenvalue weighted by Crippen LogP contribution is -1.98. The van der Waals surface area contributed by atoms with Crippen molar-refractivity contribution in [2.24, 2.45) is 7.05 Å². The summed E-state index contributed by atoms with van der Waals surface area (Å²) in [5, 5.41) is 4.56. The van der Waals surface area contributed by atoms with Crippen LogP contribution in [0.1, 0.15) is 0 Å². The van der Waals surface area contributed by atoms with Crippen LogP contribution in [0, 0.1) is 0 Å². The second-order valence-electron chi connectivity index (χ2n) is 5.20. The summed E-state index contributed by atoms with van der Waals surface area (Å²) >= 11 is 0. The molecule has 2 aromatic carbocycles. The highest BCUT2D eigenvalue weighted by Crippen LogP contribution is 2.34. The van der Waals surface area contributed by atoms with Crippen LogP contribution in [0.4, 0.5) is 5.82 Å². The number of benzene rings is 2. The number of nitrogens with one attached hydrogen (secondary N) is 1. The second kappa shape index (κ2) is 4.73. The molecule has 0 amide bonds. The summed E-state index contributed by atoms with van der Waals surface area (Å²) in [4.78, 5) is 7.99. The van der Waals surface area contributed by atoms with Crippen molar-refractivity contribution >= 4 is 16.9 Å². The fourth-order valence-electron chi connectivity index (χ4n) is 2.64. The predicted octanol–water partition coefficient (Wildman–Crippen LogP) is 3.21. The second-order valence-corrected chi connectivity index (χ2v) is 5.20. The Kier molecular flexibility index (Phi) is 2.72. The van der Waals surface area contributed by atoms with E-state index in [2.05, 4.69) is 15.1 Å². The Hall–Kier alpha value is -3.08. The van der Waals surface area contributed by atoms with Gasteiger partial charge in [-0.25, -0.2) is 4.98 Å². The van der Waals surface area contributed by atoms with Gasteiger partial charge in [-0.05, 0) is 12.1 Å². The molecule has 0 aliphatic heterocycles. The standard InChI is InChI=1S/C17H15N5/c1-22-16(18)14(15(21-22)11-7-3-2-4-8-11)17-19-12-9-5-6-10-13(12)20-17/h2-10H,18H2,1H3,(H,19,20). The van der Waals surface area contributed by atoms with Crippen molar-refractivity contribution in [2.75, 3.05) is 5.73 Å². The van der Waals surface area contributed by atoms with Crippen LogP contribution in [0.5, 0.6) is 0 Å². The quantitative estimate of drug-likeness (QED) is 0.595. The molecule has 0 fully saturated rings. The Morgan fingerprint density at radius 2 is 1.73 bits per heavy atom. The molecule has 0 atom stereocenters. The largest absolute Gasteiger partial charge is 0.383 e. The number of fused-ring (bicyclic) bond motifs is 1. The van der Waals surface area contributed by atoms with Crippen LogP contribution in [-0.2, 0) is 7.05 Å². The normalized spacial score (nSPS) is 11.1. The number of imidazole rings is 1. The maximum absolute atomic E-state index is 6.24. The van der Waals surface area contributed by atoms with Gasteiger partial charge in [0.25, 0.3) is 0 Å². The maximum atomic E-state index is 6.24. The zero-order chi connectivity index (χ0) is 15.1. The summed E-state index contributed by atoms with van der Waals surface area (Å²) in [5.74, 6) is 1.34. The van der Waals surface area contributed by atoms with E-state index in [4.69, 9.17) is 5.73 Å². The van der Waals surface area contributed by atoms with E-state index >= 15 is 0 Å². The lowest BCUT2D eigenvalue weighted by molar-refractivity contribution is 0.782. The average Bonchev–Trinajstić information content (AvgIpc) is 3.09. The molecule has 0 radical (unpaired) electrons. The first-order valence-corrected chi connectivity index (χ1v) is 7.07. The fourth-order valence-corrected chi connectivity index (χ4v) is 2.64. The molecular formula is C17H15N5. The SMILES string of the molecule is Cn1nc(-c2ccccc2)c(-c2nc3ccccc3[nH]2)c1N. The van der Waals surface area contributed by atoms with E-state index in [1.165, 1.54) is 0 Å². The third kappa shape index (κ3) is 1.87. The monoisotopic (exact) mass is 289 g/mol. The van der Waals surface area contributed by atoms with E-state index in [1.807, 2.05) is 61.6 Å². The van der Waals surface area contributed by atoms with Crippen molar-refractivity contribution in [2.45, 2.75) is 0 Å². The summed E-state index contributed by atoms with van der Waals surface area (Å²) < 4.78 is 1.69. The zero-order valence-electron chi connectivity index (χ0n) is 12.1. The minimum atomic E-state index is 0.595. The molecule has 0 aliphatic carbocycles. The van der Waals surface area contributed by atoms with Gasteiger partial charge in [-0.3, -0.25) is 4.68 Å². The van der Waals surface area contributed by atoms with Crippen molar-refractivity contribution in [3.05, 3.63) is 54.6 Å². The summed E-state index contributed by atoms with van der Waals surface area (Å²) in [5.41, 5.74) is 10.8. The van der Waals surface area contributed by atoms with Gasteiger partial charge in [0.2, 0.25) is 0 Å². The number of aryl methyl sites for hydroxylation is 1. The third-order valence-electron chi connectivity index (χ3n) is 3.76. The van der Waals surface area contributed by atoms with E-state index in [0.717, 1.165) is 33.7 Å². The number of aromatic nitrogens is 4. The minimum absolute atomic E-state index is 0.595. The number of hydrogen-bond acceptors (Lipinski definition) is 3. The molecule has 22 heavy (non-hydrogen) atoms. The van der Waals surface area contributed by atoms with Crippen LogP contribution in [0.25, 0.3) is 33.7 Å². The van der Waals surface area contributed by atoms with Crippen LogP contribution in [0.15, 0.2) is 54.6 Å². The Balaban J connectivity index is 1.98. The molecule has 0 unspecified atom stereocenters. The molecule has 108 valence electrons. The van der Waals surface area contributed by atoms with Crippen molar-refractivity contribution < 1.29 is 0 Å². The number of anilines is 1. The molecule has 5 nitrogen and oxygen atoms in total. The molecular weight excluding hydrogens is 274 g/mol. The Morgan fingerprint density at radius 1 is 1.00 bits per heavy atom. The molecule has 2 heterocycles. The van der Waals surface area contributed by atoms with E-state index in [1.54, 1.807) is 4.68 Å². The van der Waals surface area contributed by atoms with Crippen molar-refractivity contribution in [3.8, 4) is 22.6 Å². The van der Waals surface area contributed by atoms with E-state index < -0.39 is 0 Å². The van der Waals surface area contributed by atoms with E-state index in [9.17, 15) is 0 Å². The molecule has 0 spiro atoms. The molecule has 4 aromatic rings. The predicted molar refractivity (Wildman–Crippen MR) is 88.1 cm³/mol. The number of nitrogens with zero attached hydrogens (tertiary/aromatic N) is 3. The fraction of sp³-hybridized carbons (Fsp3) is 0.0588. The van der Waals surface area contributed by atoms with Crippen molar-refractivity contribution in [1.29, 1.82) is 0 Å². The Bertz CT molecular complexity index is 917. The summed E-state index contributed by atoms with van der Waals surface area (Å²) in [6.07, 6.45) is 0. The van der Waals surface area contributed by atoms with Gasteiger partial charge >= 0.3 is 0 Å². The number of para-hydroxylation sites is 2. The average molecular weight is 289 g/mol. The molecule has 2 aromatic heterocycles. The Labute approximate surface area is 127 Å². The summed E-state index contributed by atoms with van der Waals surface area (Å²) in [6.45, 7) is 0. The molecule has 0 saturated heterocycles. The van der Waals surface area contributed by atoms with Crippen LogP contribution in [0.3, 0.4) is 0 Å². The van der Waals surface area contributed by atoms with Gasteiger partial charge in [-0.15, -0.1) is 0 Å². The van der Waals surface area contributed by atoms with Gasteiger partial charge in [0.1, 0.15) is 17.3 Å². The van der Waals surface area contributed by atoms with Gasteiger partial charge in [-0.2, -0.15) is 5.10 Å². The summed E-state index contributed by atoms with van der Waals surface area (Å²) in [7, 11) is 1.84. The molecule has 0 bridgehead atoms. The van der Waals surface area contributed by atoms with E-state index in [-0.39, 0.29) is 0 Å². The topological polar surface area (TPSA) is 72.5 Å². The van der Waals surface area contributed by atoms with Crippen LogP contribution in [0.2, 0.25) is 0 Å². The van der Waals surface area contributed by atoms with Crippen LogP contribution in [-0.4, -0.2) is 19.7 Å². The Morgan fingerprint density at radius 3 is 2.50 bits per heavy atom. The highest BCUT2D eigenvalue weighted by molar-refractivity contribution is 5.89. The number of nitrogens with two attached hydrogens (primary N) is 1. The van der Waals surface area contributed by atoms with Gasteiger partial charge in [0, 0.05) is 12.6 Å². The summed E-state index contributed by atoms with van der Waals surface area (Å²) in [6, 6.07) is 17.9. The number of aromatic amines is 1. The first-order chi connectivity index (χ1) is 10.7. The highest BCUT2D eigenvalue weighted by atomic mass is 15.3. The van der Waals surface area contributed by atoms with Gasteiger partial charge in [0.15, 0.2) is 0 Å².